The van der Waals surface area contributed by atoms with E-state index in [2.05, 4.69) is 0 Å². The molecule has 2 amide bonds. The van der Waals surface area contributed by atoms with Crippen LogP contribution in [-0.2, 0) is 4.79 Å². The number of carbonyl (C=O) groups excluding carboxylic acids is 1. The number of nitrogens with zero attached hydrogens (tertiary/aromatic N) is 2. The Labute approximate surface area is 102 Å². The predicted octanol–water partition coefficient (Wildman–Crippen LogP) is 1.78. The lowest BCUT2D eigenvalue weighted by molar-refractivity contribution is -0.137. The van der Waals surface area contributed by atoms with Crippen LogP contribution in [0.5, 0.6) is 0 Å². The highest BCUT2D eigenvalue weighted by atomic mass is 16.4. The Kier molecular flexibility index (Phi) is 4.78. The van der Waals surface area contributed by atoms with E-state index in [-0.39, 0.29) is 24.7 Å². The maximum atomic E-state index is 12.3. The van der Waals surface area contributed by atoms with Gasteiger partial charge in [-0.1, -0.05) is 0 Å². The molecule has 1 aliphatic heterocycles. The summed E-state index contributed by atoms with van der Waals surface area (Å²) in [6.45, 7) is 6.08. The maximum absolute atomic E-state index is 12.3. The highest BCUT2D eigenvalue weighted by Gasteiger charge is 2.32. The highest BCUT2D eigenvalue weighted by Crippen LogP contribution is 2.23. The van der Waals surface area contributed by atoms with Crippen LogP contribution in [0.2, 0.25) is 0 Å². The van der Waals surface area contributed by atoms with Gasteiger partial charge in [-0.25, -0.2) is 4.79 Å². The summed E-state index contributed by atoms with van der Waals surface area (Å²) in [5.74, 6) is -0.961. The molecule has 17 heavy (non-hydrogen) atoms. The summed E-state index contributed by atoms with van der Waals surface area (Å²) in [5, 5.41) is 8.78. The molecule has 0 aromatic carbocycles. The summed E-state index contributed by atoms with van der Waals surface area (Å²) in [5.41, 5.74) is 0. The van der Waals surface area contributed by atoms with Crippen LogP contribution in [0.15, 0.2) is 0 Å². The van der Waals surface area contributed by atoms with Crippen molar-refractivity contribution < 1.29 is 14.7 Å². The van der Waals surface area contributed by atoms with Crippen LogP contribution in [0, 0.1) is 0 Å². The zero-order valence-corrected chi connectivity index (χ0v) is 10.8. The molecule has 0 spiro atoms. The molecule has 2 unspecified atom stereocenters. The fraction of sp³-hybridized carbons (Fsp3) is 0.833. The van der Waals surface area contributed by atoms with Gasteiger partial charge < -0.3 is 14.9 Å². The first-order chi connectivity index (χ1) is 7.97. The SMILES string of the molecule is CCN(CC(=O)O)C(=O)N1C(C)CCCC1C. The van der Waals surface area contributed by atoms with Gasteiger partial charge in [-0.05, 0) is 40.0 Å². The Morgan fingerprint density at radius 1 is 1.29 bits per heavy atom. The second kappa shape index (κ2) is 5.89. The molecule has 0 aromatic heterocycles. The Balaban J connectivity index is 2.74. The average molecular weight is 242 g/mol. The van der Waals surface area contributed by atoms with Gasteiger partial charge in [-0.15, -0.1) is 0 Å². The quantitative estimate of drug-likeness (QED) is 0.820. The average Bonchev–Trinajstić information content (AvgIpc) is 2.25. The number of urea groups is 1. The van der Waals surface area contributed by atoms with E-state index >= 15 is 0 Å². The normalized spacial score (nSPS) is 24.5. The van der Waals surface area contributed by atoms with Crippen LogP contribution < -0.4 is 0 Å². The number of hydrogen-bond donors (Lipinski definition) is 1. The topological polar surface area (TPSA) is 60.9 Å². The molecule has 5 heteroatoms. The molecule has 1 aliphatic rings. The second-order valence-electron chi connectivity index (χ2n) is 4.73. The molecule has 1 heterocycles. The summed E-state index contributed by atoms with van der Waals surface area (Å²) in [4.78, 5) is 26.2. The molecule has 1 fully saturated rings. The number of aliphatic carboxylic acids is 1. The summed E-state index contributed by atoms with van der Waals surface area (Å²) >= 11 is 0. The monoisotopic (exact) mass is 242 g/mol. The van der Waals surface area contributed by atoms with Gasteiger partial charge in [0, 0.05) is 18.6 Å². The minimum Gasteiger partial charge on any atom is -0.480 e. The van der Waals surface area contributed by atoms with E-state index < -0.39 is 5.97 Å². The smallest absolute Gasteiger partial charge is 0.323 e. The van der Waals surface area contributed by atoms with Gasteiger partial charge in [0.1, 0.15) is 6.54 Å². The molecular formula is C12H22N2O3. The molecule has 0 aliphatic carbocycles. The molecule has 0 bridgehead atoms. The van der Waals surface area contributed by atoms with Gasteiger partial charge in [0.25, 0.3) is 0 Å². The van der Waals surface area contributed by atoms with Crippen molar-refractivity contribution >= 4 is 12.0 Å². The lowest BCUT2D eigenvalue weighted by Gasteiger charge is -2.41. The number of hydrogen-bond acceptors (Lipinski definition) is 2. The van der Waals surface area contributed by atoms with Gasteiger partial charge in [0.15, 0.2) is 0 Å². The largest absolute Gasteiger partial charge is 0.480 e. The van der Waals surface area contributed by atoms with E-state index in [1.54, 1.807) is 6.92 Å². The minimum absolute atomic E-state index is 0.144. The molecule has 1 N–H and O–H groups in total. The summed E-state index contributed by atoms with van der Waals surface area (Å²) in [6, 6.07) is 0.262. The number of carboxylic acid groups (broad SMARTS) is 1. The van der Waals surface area contributed by atoms with E-state index in [1.165, 1.54) is 4.90 Å². The number of rotatable bonds is 3. The van der Waals surface area contributed by atoms with Crippen molar-refractivity contribution in [1.29, 1.82) is 0 Å². The van der Waals surface area contributed by atoms with Crippen molar-refractivity contribution in [2.45, 2.75) is 52.1 Å². The molecule has 5 nitrogen and oxygen atoms in total. The van der Waals surface area contributed by atoms with Crippen LogP contribution in [-0.4, -0.2) is 52.1 Å². The van der Waals surface area contributed by atoms with Gasteiger partial charge in [-0.3, -0.25) is 4.79 Å². The standard InChI is InChI=1S/C12H22N2O3/c1-4-13(8-11(15)16)12(17)14-9(2)6-5-7-10(14)3/h9-10H,4-8H2,1-3H3,(H,15,16). The van der Waals surface area contributed by atoms with Crippen LogP contribution in [0.3, 0.4) is 0 Å². The number of amides is 2. The number of piperidine rings is 1. The molecule has 2 atom stereocenters. The summed E-state index contributed by atoms with van der Waals surface area (Å²) in [7, 11) is 0. The first-order valence-electron chi connectivity index (χ1n) is 6.26. The molecule has 0 saturated carbocycles. The number of carbonyl (C=O) groups is 2. The third-order valence-electron chi connectivity index (χ3n) is 3.39. The van der Waals surface area contributed by atoms with Crippen molar-refractivity contribution in [1.82, 2.24) is 9.80 Å². The fourth-order valence-electron chi connectivity index (χ4n) is 2.44. The number of carboxylic acids is 1. The van der Waals surface area contributed by atoms with E-state index in [0.717, 1.165) is 19.3 Å². The highest BCUT2D eigenvalue weighted by molar-refractivity contribution is 5.80. The van der Waals surface area contributed by atoms with Gasteiger partial charge in [0.05, 0.1) is 0 Å². The first-order valence-corrected chi connectivity index (χ1v) is 6.26. The van der Waals surface area contributed by atoms with Crippen molar-refractivity contribution in [3.8, 4) is 0 Å². The zero-order chi connectivity index (χ0) is 13.0. The third kappa shape index (κ3) is 3.35. The van der Waals surface area contributed by atoms with Crippen molar-refractivity contribution in [3.05, 3.63) is 0 Å². The number of likely N-dealkylation sites (N-methyl/N-ethyl adjacent to an activating group) is 1. The Bertz CT molecular complexity index is 283. The van der Waals surface area contributed by atoms with Gasteiger partial charge >= 0.3 is 12.0 Å². The second-order valence-corrected chi connectivity index (χ2v) is 4.73. The van der Waals surface area contributed by atoms with Crippen LogP contribution >= 0.6 is 0 Å². The maximum Gasteiger partial charge on any atom is 0.323 e. The Morgan fingerprint density at radius 2 is 1.82 bits per heavy atom. The van der Waals surface area contributed by atoms with Gasteiger partial charge in [-0.2, -0.15) is 0 Å². The molecule has 0 radical (unpaired) electrons. The summed E-state index contributed by atoms with van der Waals surface area (Å²) in [6.07, 6.45) is 3.14. The van der Waals surface area contributed by atoms with Crippen LogP contribution in [0.4, 0.5) is 4.79 Å². The van der Waals surface area contributed by atoms with E-state index in [0.29, 0.717) is 6.54 Å². The van der Waals surface area contributed by atoms with Crippen molar-refractivity contribution in [2.75, 3.05) is 13.1 Å². The van der Waals surface area contributed by atoms with Crippen molar-refractivity contribution in [2.24, 2.45) is 0 Å². The Hall–Kier alpha value is -1.26. The summed E-state index contributed by atoms with van der Waals surface area (Å²) < 4.78 is 0. The third-order valence-corrected chi connectivity index (χ3v) is 3.39. The zero-order valence-electron chi connectivity index (χ0n) is 10.8. The van der Waals surface area contributed by atoms with E-state index in [9.17, 15) is 9.59 Å². The van der Waals surface area contributed by atoms with Crippen molar-refractivity contribution in [3.63, 3.8) is 0 Å². The lowest BCUT2D eigenvalue weighted by Crippen LogP contribution is -2.54. The molecule has 98 valence electrons. The first kappa shape index (κ1) is 13.8. The lowest BCUT2D eigenvalue weighted by atomic mass is 9.98. The molecule has 0 aromatic rings. The molecule has 1 saturated heterocycles. The fourth-order valence-corrected chi connectivity index (χ4v) is 2.44. The Morgan fingerprint density at radius 3 is 2.24 bits per heavy atom. The predicted molar refractivity (Wildman–Crippen MR) is 64.9 cm³/mol. The van der Waals surface area contributed by atoms with E-state index in [4.69, 9.17) is 5.11 Å². The molecular weight excluding hydrogens is 220 g/mol. The van der Waals surface area contributed by atoms with Crippen LogP contribution in [0.25, 0.3) is 0 Å². The molecule has 1 rings (SSSR count). The minimum atomic E-state index is -0.961. The number of likely N-dealkylation sites (tertiary alicyclic amines) is 1. The van der Waals surface area contributed by atoms with Gasteiger partial charge in [0.2, 0.25) is 0 Å². The van der Waals surface area contributed by atoms with Crippen LogP contribution in [0.1, 0.15) is 40.0 Å². The van der Waals surface area contributed by atoms with E-state index in [1.807, 2.05) is 18.7 Å².